The minimum absolute atomic E-state index is 0.322. The van der Waals surface area contributed by atoms with Crippen molar-refractivity contribution < 1.29 is 13.2 Å². The predicted octanol–water partition coefficient (Wildman–Crippen LogP) is 2.31. The van der Waals surface area contributed by atoms with Gasteiger partial charge in [-0.2, -0.15) is 0 Å². The Hall–Kier alpha value is -1.40. The van der Waals surface area contributed by atoms with E-state index in [9.17, 15) is 13.2 Å². The van der Waals surface area contributed by atoms with Crippen molar-refractivity contribution in [1.82, 2.24) is 9.80 Å². The van der Waals surface area contributed by atoms with Gasteiger partial charge in [0.05, 0.1) is 4.90 Å². The van der Waals surface area contributed by atoms with E-state index in [0.29, 0.717) is 29.2 Å². The summed E-state index contributed by atoms with van der Waals surface area (Å²) in [5, 5.41) is 0. The van der Waals surface area contributed by atoms with E-state index < -0.39 is 9.84 Å². The number of rotatable bonds is 6. The predicted molar refractivity (Wildman–Crippen MR) is 98.0 cm³/mol. The van der Waals surface area contributed by atoms with E-state index >= 15 is 0 Å². The molecule has 0 spiro atoms. The van der Waals surface area contributed by atoms with Crippen molar-refractivity contribution in [1.29, 1.82) is 0 Å². The second kappa shape index (κ2) is 7.46. The van der Waals surface area contributed by atoms with Crippen molar-refractivity contribution in [3.8, 4) is 0 Å². The van der Waals surface area contributed by atoms with E-state index in [4.69, 9.17) is 0 Å². The first-order chi connectivity index (χ1) is 11.8. The van der Waals surface area contributed by atoms with Crippen LogP contribution in [-0.4, -0.2) is 56.6 Å². The van der Waals surface area contributed by atoms with Crippen LogP contribution in [0.4, 0.5) is 0 Å². The second-order valence-electron chi connectivity index (χ2n) is 7.67. The molecule has 2 fully saturated rings. The summed E-state index contributed by atoms with van der Waals surface area (Å²) in [6.45, 7) is 2.54. The molecule has 1 aliphatic carbocycles. The van der Waals surface area contributed by atoms with E-state index in [0.717, 1.165) is 25.2 Å². The highest BCUT2D eigenvalue weighted by Gasteiger charge is 2.35. The summed E-state index contributed by atoms with van der Waals surface area (Å²) in [6.07, 6.45) is 6.72. The molecule has 5 nitrogen and oxygen atoms in total. The first-order valence-corrected chi connectivity index (χ1v) is 11.0. The number of benzene rings is 1. The fraction of sp³-hybridized carbons (Fsp3) is 0.632. The van der Waals surface area contributed by atoms with E-state index in [1.807, 2.05) is 12.1 Å². The van der Waals surface area contributed by atoms with Gasteiger partial charge in [0.25, 0.3) is 0 Å². The van der Waals surface area contributed by atoms with Gasteiger partial charge >= 0.3 is 0 Å². The molecular weight excluding hydrogens is 336 g/mol. The van der Waals surface area contributed by atoms with Crippen molar-refractivity contribution in [2.75, 3.05) is 26.4 Å². The molecular formula is C19H28N2O3S. The number of hydrogen-bond acceptors (Lipinski definition) is 4. The molecule has 2 aliphatic rings. The summed E-state index contributed by atoms with van der Waals surface area (Å²) in [4.78, 5) is 17.0. The zero-order chi connectivity index (χ0) is 18.0. The fourth-order valence-corrected chi connectivity index (χ4v) is 4.79. The Morgan fingerprint density at radius 2 is 1.80 bits per heavy atom. The molecule has 0 aromatic heterocycles. The second-order valence-corrected chi connectivity index (χ2v) is 9.68. The number of sulfone groups is 1. The molecule has 1 aromatic carbocycles. The molecule has 1 unspecified atom stereocenters. The van der Waals surface area contributed by atoms with Gasteiger partial charge < -0.3 is 9.80 Å². The molecule has 1 aromatic rings. The number of hydrogen-bond donors (Lipinski definition) is 0. The maximum atomic E-state index is 12.3. The molecule has 6 heteroatoms. The van der Waals surface area contributed by atoms with Gasteiger partial charge in [0, 0.05) is 38.4 Å². The summed E-state index contributed by atoms with van der Waals surface area (Å²) in [5.74, 6) is 0.719. The molecule has 1 aliphatic heterocycles. The third-order valence-electron chi connectivity index (χ3n) is 5.38. The SMILES string of the molecule is CN(Cc1ccc(S(C)(=O)=O)cc1)CC1CC(=O)N(C2CCCC2)C1. The average molecular weight is 365 g/mol. The summed E-state index contributed by atoms with van der Waals surface area (Å²) >= 11 is 0. The van der Waals surface area contributed by atoms with Crippen LogP contribution >= 0.6 is 0 Å². The van der Waals surface area contributed by atoms with Crippen molar-refractivity contribution in [3.63, 3.8) is 0 Å². The van der Waals surface area contributed by atoms with Gasteiger partial charge in [0.1, 0.15) is 0 Å². The first-order valence-electron chi connectivity index (χ1n) is 9.10. The lowest BCUT2D eigenvalue weighted by molar-refractivity contribution is -0.129. The fourth-order valence-electron chi connectivity index (χ4n) is 4.16. The van der Waals surface area contributed by atoms with Crippen molar-refractivity contribution >= 4 is 15.7 Å². The highest BCUT2D eigenvalue weighted by atomic mass is 32.2. The Labute approximate surface area is 150 Å². The zero-order valence-electron chi connectivity index (χ0n) is 15.1. The normalized spacial score (nSPS) is 22.3. The maximum Gasteiger partial charge on any atom is 0.223 e. The number of amides is 1. The van der Waals surface area contributed by atoms with Gasteiger partial charge in [-0.25, -0.2) is 8.42 Å². The molecule has 1 saturated carbocycles. The van der Waals surface area contributed by atoms with Crippen LogP contribution in [0.2, 0.25) is 0 Å². The molecule has 0 radical (unpaired) electrons. The molecule has 1 saturated heterocycles. The summed E-state index contributed by atoms with van der Waals surface area (Å²) in [7, 11) is -1.08. The van der Waals surface area contributed by atoms with Crippen LogP contribution < -0.4 is 0 Å². The van der Waals surface area contributed by atoms with Gasteiger partial charge in [0.15, 0.2) is 9.84 Å². The van der Waals surface area contributed by atoms with Crippen molar-refractivity contribution in [2.24, 2.45) is 5.92 Å². The third kappa shape index (κ3) is 4.61. The van der Waals surface area contributed by atoms with Crippen LogP contribution in [0, 0.1) is 5.92 Å². The Balaban J connectivity index is 1.52. The van der Waals surface area contributed by atoms with Crippen LogP contribution in [0.25, 0.3) is 0 Å². The molecule has 1 heterocycles. The molecule has 138 valence electrons. The lowest BCUT2D eigenvalue weighted by Crippen LogP contribution is -2.35. The number of likely N-dealkylation sites (tertiary alicyclic amines) is 1. The lowest BCUT2D eigenvalue weighted by atomic mass is 10.1. The van der Waals surface area contributed by atoms with Crippen LogP contribution in [0.3, 0.4) is 0 Å². The Bertz CT molecular complexity index is 709. The van der Waals surface area contributed by atoms with E-state index in [1.54, 1.807) is 12.1 Å². The van der Waals surface area contributed by atoms with Crippen molar-refractivity contribution in [2.45, 2.75) is 49.6 Å². The molecule has 0 N–H and O–H groups in total. The Kier molecular flexibility index (Phi) is 5.49. The van der Waals surface area contributed by atoms with E-state index in [-0.39, 0.29) is 0 Å². The number of carbonyl (C=O) groups is 1. The quantitative estimate of drug-likeness (QED) is 0.777. The van der Waals surface area contributed by atoms with Crippen LogP contribution in [-0.2, 0) is 21.2 Å². The molecule has 1 amide bonds. The smallest absolute Gasteiger partial charge is 0.223 e. The largest absolute Gasteiger partial charge is 0.339 e. The summed E-state index contributed by atoms with van der Waals surface area (Å²) in [6, 6.07) is 7.56. The summed E-state index contributed by atoms with van der Waals surface area (Å²) < 4.78 is 23.0. The van der Waals surface area contributed by atoms with Crippen LogP contribution in [0.5, 0.6) is 0 Å². The lowest BCUT2D eigenvalue weighted by Gasteiger charge is -2.25. The first kappa shape index (κ1) is 18.4. The van der Waals surface area contributed by atoms with Crippen LogP contribution in [0.1, 0.15) is 37.7 Å². The molecule has 1 atom stereocenters. The Morgan fingerprint density at radius 3 is 2.40 bits per heavy atom. The van der Waals surface area contributed by atoms with E-state index in [1.165, 1.54) is 31.9 Å². The monoisotopic (exact) mass is 364 g/mol. The molecule has 3 rings (SSSR count). The van der Waals surface area contributed by atoms with Gasteiger partial charge in [-0.05, 0) is 43.5 Å². The highest BCUT2D eigenvalue weighted by molar-refractivity contribution is 7.90. The van der Waals surface area contributed by atoms with Crippen molar-refractivity contribution in [3.05, 3.63) is 29.8 Å². The molecule has 0 bridgehead atoms. The highest BCUT2D eigenvalue weighted by Crippen LogP contribution is 2.29. The van der Waals surface area contributed by atoms with E-state index in [2.05, 4.69) is 16.8 Å². The minimum atomic E-state index is -3.14. The number of carbonyl (C=O) groups excluding carboxylic acids is 1. The minimum Gasteiger partial charge on any atom is -0.339 e. The molecule has 25 heavy (non-hydrogen) atoms. The van der Waals surface area contributed by atoms with Gasteiger partial charge in [-0.1, -0.05) is 25.0 Å². The van der Waals surface area contributed by atoms with Gasteiger partial charge in [-0.3, -0.25) is 4.79 Å². The van der Waals surface area contributed by atoms with Gasteiger partial charge in [-0.15, -0.1) is 0 Å². The number of nitrogens with zero attached hydrogens (tertiary/aromatic N) is 2. The Morgan fingerprint density at radius 1 is 1.16 bits per heavy atom. The average Bonchev–Trinajstić information content (AvgIpc) is 3.16. The third-order valence-corrected chi connectivity index (χ3v) is 6.51. The topological polar surface area (TPSA) is 57.7 Å². The standard InChI is InChI=1S/C19H28N2O3S/c1-20(12-15-7-9-18(10-8-15)25(2,23)24)13-16-11-19(22)21(14-16)17-5-3-4-6-17/h7-10,16-17H,3-6,11-14H2,1-2H3. The van der Waals surface area contributed by atoms with Gasteiger partial charge in [0.2, 0.25) is 5.91 Å². The zero-order valence-corrected chi connectivity index (χ0v) is 16.0. The van der Waals surface area contributed by atoms with Crippen LogP contribution in [0.15, 0.2) is 29.2 Å². The summed E-state index contributed by atoms with van der Waals surface area (Å²) in [5.41, 5.74) is 1.09. The maximum absolute atomic E-state index is 12.3.